The van der Waals surface area contributed by atoms with E-state index in [0.717, 1.165) is 41.9 Å². The molecule has 0 amide bonds. The van der Waals surface area contributed by atoms with E-state index in [-0.39, 0.29) is 11.1 Å². The molecule has 9 nitrogen and oxygen atoms in total. The number of nitro groups is 1. The van der Waals surface area contributed by atoms with Gasteiger partial charge >= 0.3 is 7.44 Å². The van der Waals surface area contributed by atoms with Gasteiger partial charge in [0.05, 0.1) is 34.9 Å². The van der Waals surface area contributed by atoms with Gasteiger partial charge in [-0.15, -0.1) is 0 Å². The van der Waals surface area contributed by atoms with E-state index in [2.05, 4.69) is 23.8 Å². The normalized spacial score (nSPS) is 24.0. The Morgan fingerprint density at radius 1 is 1.06 bits per heavy atom. The maximum Gasteiger partial charge on any atom is 0.313 e. The lowest BCUT2D eigenvalue weighted by atomic mass is 9.78. The fraction of sp³-hybridized carbons (Fsp3) is 0.375. The lowest BCUT2D eigenvalue weighted by molar-refractivity contribution is -0.384. The lowest BCUT2D eigenvalue weighted by Crippen LogP contribution is -2.40. The second kappa shape index (κ2) is 8.56. The number of nitro benzene ring substituents is 1. The van der Waals surface area contributed by atoms with Gasteiger partial charge in [-0.1, -0.05) is 32.0 Å². The first-order chi connectivity index (χ1) is 16.3. The molecule has 1 unspecified atom stereocenters. The van der Waals surface area contributed by atoms with Crippen LogP contribution in [0, 0.1) is 15.5 Å². The van der Waals surface area contributed by atoms with E-state index in [1.807, 2.05) is 30.3 Å². The number of nitrogens with zero attached hydrogens (tertiary/aromatic N) is 4. The number of morpholine rings is 1. The van der Waals surface area contributed by atoms with Crippen molar-refractivity contribution in [2.75, 3.05) is 36.2 Å². The van der Waals surface area contributed by atoms with Crippen molar-refractivity contribution in [2.45, 2.75) is 26.7 Å². The summed E-state index contributed by atoms with van der Waals surface area (Å²) in [5, 5.41) is 20.0. The van der Waals surface area contributed by atoms with Crippen molar-refractivity contribution in [2.24, 2.45) is 10.5 Å². The molecule has 2 aliphatic heterocycles. The summed E-state index contributed by atoms with van der Waals surface area (Å²) in [4.78, 5) is 12.9. The van der Waals surface area contributed by atoms with E-state index in [9.17, 15) is 10.1 Å². The average Bonchev–Trinajstić information content (AvgIpc) is 3.10. The Balaban J connectivity index is 1.65. The first-order valence-corrected chi connectivity index (χ1v) is 13.1. The molecule has 1 fully saturated rings. The molecule has 2 heterocycles. The third-order valence-electron chi connectivity index (χ3n) is 6.36. The molecule has 178 valence electrons. The molecule has 34 heavy (non-hydrogen) atoms. The molecular formula is C24H28N5O4P. The predicted octanol–water partition coefficient (Wildman–Crippen LogP) is 5.44. The summed E-state index contributed by atoms with van der Waals surface area (Å²) in [5.74, 6) is 0. The third kappa shape index (κ3) is 4.10. The number of non-ortho nitro benzene ring substituents is 1. The van der Waals surface area contributed by atoms with Crippen LogP contribution in [-0.2, 0) is 9.30 Å². The smallest absolute Gasteiger partial charge is 0.313 e. The molecule has 0 bridgehead atoms. The Morgan fingerprint density at radius 2 is 1.74 bits per heavy atom. The van der Waals surface area contributed by atoms with Crippen LogP contribution in [0.3, 0.4) is 0 Å². The Hall–Kier alpha value is -3.16. The Morgan fingerprint density at radius 3 is 2.38 bits per heavy atom. The molecular weight excluding hydrogens is 453 g/mol. The molecule has 5 rings (SSSR count). The van der Waals surface area contributed by atoms with Crippen LogP contribution in [0.25, 0.3) is 0 Å². The first kappa shape index (κ1) is 22.6. The maximum absolute atomic E-state index is 15.0. The second-order valence-electron chi connectivity index (χ2n) is 9.58. The number of hydrogen-bond acceptors (Lipinski definition) is 6. The molecule has 1 saturated heterocycles. The van der Waals surface area contributed by atoms with Gasteiger partial charge in [-0.2, -0.15) is 9.88 Å². The molecule has 1 aliphatic carbocycles. The van der Waals surface area contributed by atoms with Gasteiger partial charge in [-0.3, -0.25) is 14.7 Å². The van der Waals surface area contributed by atoms with Gasteiger partial charge in [0, 0.05) is 36.6 Å². The van der Waals surface area contributed by atoms with Crippen LogP contribution in [0.5, 0.6) is 0 Å². The molecule has 10 heteroatoms. The van der Waals surface area contributed by atoms with Crippen molar-refractivity contribution in [3.63, 3.8) is 0 Å². The van der Waals surface area contributed by atoms with Crippen LogP contribution in [0.15, 0.2) is 70.7 Å². The molecule has 1 N–H and O–H groups in total. The van der Waals surface area contributed by atoms with Crippen LogP contribution in [0.1, 0.15) is 26.7 Å². The van der Waals surface area contributed by atoms with Gasteiger partial charge in [0.2, 0.25) is 0 Å². The van der Waals surface area contributed by atoms with Crippen molar-refractivity contribution >= 4 is 30.2 Å². The van der Waals surface area contributed by atoms with Gasteiger partial charge in [0.1, 0.15) is 0 Å². The van der Waals surface area contributed by atoms with Crippen molar-refractivity contribution in [3.05, 3.63) is 75.7 Å². The Bertz CT molecular complexity index is 1200. The highest BCUT2D eigenvalue weighted by Gasteiger charge is 2.50. The minimum absolute atomic E-state index is 0.0141. The highest BCUT2D eigenvalue weighted by Crippen LogP contribution is 2.66. The van der Waals surface area contributed by atoms with Crippen LogP contribution >= 0.6 is 7.44 Å². The van der Waals surface area contributed by atoms with Gasteiger partial charge in [0.15, 0.2) is 0 Å². The summed E-state index contributed by atoms with van der Waals surface area (Å²) in [7, 11) is -3.47. The number of fused-ring (bicyclic) bond motifs is 1. The summed E-state index contributed by atoms with van der Waals surface area (Å²) in [6.07, 6.45) is 1.50. The number of nitrogens with one attached hydrogen (secondary N) is 1. The summed E-state index contributed by atoms with van der Waals surface area (Å²) in [6.45, 7) is 7.17. The molecule has 0 radical (unpaired) electrons. The molecule has 1 atom stereocenters. The number of anilines is 2. The van der Waals surface area contributed by atoms with Crippen LogP contribution in [-0.4, -0.2) is 41.8 Å². The van der Waals surface area contributed by atoms with E-state index in [4.69, 9.17) is 9.84 Å². The van der Waals surface area contributed by atoms with Crippen molar-refractivity contribution in [1.82, 2.24) is 4.90 Å². The number of para-hydroxylation sites is 1. The van der Waals surface area contributed by atoms with Gasteiger partial charge < -0.3 is 14.7 Å². The van der Waals surface area contributed by atoms with Crippen molar-refractivity contribution < 1.29 is 14.2 Å². The zero-order valence-electron chi connectivity index (χ0n) is 19.3. The quantitative estimate of drug-likeness (QED) is 0.345. The molecule has 2 aromatic rings. The van der Waals surface area contributed by atoms with Gasteiger partial charge in [0.25, 0.3) is 5.69 Å². The highest BCUT2D eigenvalue weighted by atomic mass is 31.2. The van der Waals surface area contributed by atoms with E-state index < -0.39 is 12.4 Å². The number of hydrazone groups is 1. The van der Waals surface area contributed by atoms with Crippen molar-refractivity contribution in [3.8, 4) is 0 Å². The lowest BCUT2D eigenvalue weighted by Gasteiger charge is -2.40. The van der Waals surface area contributed by atoms with Crippen molar-refractivity contribution in [1.29, 1.82) is 0 Å². The third-order valence-corrected chi connectivity index (χ3v) is 8.90. The summed E-state index contributed by atoms with van der Waals surface area (Å²) in [5.41, 5.74) is 3.12. The minimum atomic E-state index is -3.47. The summed E-state index contributed by atoms with van der Waals surface area (Å²) >= 11 is 0. The molecule has 0 spiro atoms. The van der Waals surface area contributed by atoms with Crippen LogP contribution in [0.4, 0.5) is 17.1 Å². The molecule has 2 aromatic carbocycles. The Labute approximate surface area is 198 Å². The first-order valence-electron chi connectivity index (χ1n) is 11.4. The minimum Gasteiger partial charge on any atom is -0.378 e. The van der Waals surface area contributed by atoms with Gasteiger partial charge in [-0.05, 0) is 42.5 Å². The highest BCUT2D eigenvalue weighted by molar-refractivity contribution is 7.73. The van der Waals surface area contributed by atoms with E-state index in [1.54, 1.807) is 16.9 Å². The van der Waals surface area contributed by atoms with E-state index in [0.29, 0.717) is 25.3 Å². The van der Waals surface area contributed by atoms with E-state index >= 15 is 4.57 Å². The van der Waals surface area contributed by atoms with Crippen LogP contribution < -0.4 is 9.87 Å². The molecule has 0 aromatic heterocycles. The summed E-state index contributed by atoms with van der Waals surface area (Å²) in [6, 6.07) is 15.5. The number of rotatable bonds is 5. The molecule has 3 aliphatic rings. The average molecular weight is 481 g/mol. The summed E-state index contributed by atoms with van der Waals surface area (Å²) < 4.78 is 22.2. The fourth-order valence-electron chi connectivity index (χ4n) is 4.82. The standard InChI is InChI=1S/C24H28N5O4P/c1-24(2)16-21-23(22(17-24)27-12-14-33-15-13-27)34(32,28(25-21)19-6-4-3-5-7-19)26-18-8-10-20(11-9-18)29(30)31/h3-11H,12-17H2,1-2H3,(H,26,32). The Kier molecular flexibility index (Phi) is 5.70. The SMILES string of the molecule is CC1(C)CC2=NN(c3ccccc3)P(=O)(Nc3ccc([N+](=O)[O-])cc3)C2=C(N2CCOCC2)C1. The number of ether oxygens (including phenoxy) is 1. The zero-order valence-corrected chi connectivity index (χ0v) is 20.2. The van der Waals surface area contributed by atoms with Crippen LogP contribution in [0.2, 0.25) is 0 Å². The van der Waals surface area contributed by atoms with E-state index in [1.165, 1.54) is 12.1 Å². The number of hydrogen-bond donors (Lipinski definition) is 1. The maximum atomic E-state index is 15.0. The molecule has 0 saturated carbocycles. The number of allylic oxidation sites excluding steroid dienone is 2. The predicted molar refractivity (Wildman–Crippen MR) is 133 cm³/mol. The second-order valence-corrected chi connectivity index (χ2v) is 11.8. The number of benzene rings is 2. The topological polar surface area (TPSA) is 100 Å². The monoisotopic (exact) mass is 481 g/mol. The zero-order chi connectivity index (χ0) is 23.9. The largest absolute Gasteiger partial charge is 0.378 e. The van der Waals surface area contributed by atoms with Gasteiger partial charge in [-0.25, -0.2) is 0 Å². The fourth-order valence-corrected chi connectivity index (χ4v) is 7.45.